The zero-order valence-corrected chi connectivity index (χ0v) is 16.5. The minimum atomic E-state index is -1.29. The average molecular weight is 387 g/mol. The quantitative estimate of drug-likeness (QED) is 0.846. The summed E-state index contributed by atoms with van der Waals surface area (Å²) in [6.07, 6.45) is 3.90. The van der Waals surface area contributed by atoms with Gasteiger partial charge in [-0.3, -0.25) is 9.20 Å². The summed E-state index contributed by atoms with van der Waals surface area (Å²) >= 11 is 0. The second kappa shape index (κ2) is 6.30. The molecule has 150 valence electrons. The standard InChI is InChI=1S/C21H26FN3O3/c1-11-17-14(12-4-5-12)6-15(20(27)28)19(26)25(17)9-16(22)18(11)24-8-13(23)7-21(2,3)10-24/h6,9,12-13H,4-5,7-8,10,23H2,1-3H3,(H,27,28)/t13-/m0/s1. The molecule has 0 unspecified atom stereocenters. The molecule has 0 spiro atoms. The van der Waals surface area contributed by atoms with E-state index >= 15 is 4.39 Å². The summed E-state index contributed by atoms with van der Waals surface area (Å²) < 4.78 is 16.4. The van der Waals surface area contributed by atoms with Crippen molar-refractivity contribution in [2.45, 2.75) is 52.0 Å². The summed E-state index contributed by atoms with van der Waals surface area (Å²) in [7, 11) is 0. The van der Waals surface area contributed by atoms with Gasteiger partial charge in [-0.2, -0.15) is 0 Å². The van der Waals surface area contributed by atoms with E-state index in [0.717, 1.165) is 31.0 Å². The zero-order chi connectivity index (χ0) is 20.4. The molecule has 28 heavy (non-hydrogen) atoms. The number of nitrogens with two attached hydrogens (primary N) is 1. The first-order valence-corrected chi connectivity index (χ1v) is 9.71. The lowest BCUT2D eigenvalue weighted by molar-refractivity contribution is 0.0694. The smallest absolute Gasteiger partial charge is 0.341 e. The lowest BCUT2D eigenvalue weighted by atomic mass is 9.81. The number of aryl methyl sites for hydroxylation is 1. The van der Waals surface area contributed by atoms with E-state index in [1.54, 1.807) is 0 Å². The first-order chi connectivity index (χ1) is 13.1. The van der Waals surface area contributed by atoms with Crippen LogP contribution in [0.5, 0.6) is 0 Å². The largest absolute Gasteiger partial charge is 0.477 e. The van der Waals surface area contributed by atoms with Crippen molar-refractivity contribution in [2.24, 2.45) is 11.1 Å². The van der Waals surface area contributed by atoms with Crippen LogP contribution in [0.2, 0.25) is 0 Å². The molecule has 0 radical (unpaired) electrons. The van der Waals surface area contributed by atoms with E-state index in [0.29, 0.717) is 29.9 Å². The van der Waals surface area contributed by atoms with Gasteiger partial charge in [0, 0.05) is 19.1 Å². The number of anilines is 1. The Hall–Kier alpha value is -2.41. The lowest BCUT2D eigenvalue weighted by Crippen LogP contribution is -2.51. The Labute approximate surface area is 162 Å². The number of hydrogen-bond donors (Lipinski definition) is 2. The highest BCUT2D eigenvalue weighted by Crippen LogP contribution is 2.44. The number of aromatic nitrogens is 1. The lowest BCUT2D eigenvalue weighted by Gasteiger charge is -2.43. The normalized spacial score (nSPS) is 21.9. The minimum absolute atomic E-state index is 0.0468. The third kappa shape index (κ3) is 3.07. The Morgan fingerprint density at radius 2 is 2.04 bits per heavy atom. The van der Waals surface area contributed by atoms with Crippen LogP contribution in [0.4, 0.5) is 10.1 Å². The van der Waals surface area contributed by atoms with Gasteiger partial charge in [0.1, 0.15) is 5.56 Å². The van der Waals surface area contributed by atoms with Gasteiger partial charge in [-0.15, -0.1) is 0 Å². The Kier molecular flexibility index (Phi) is 4.26. The van der Waals surface area contributed by atoms with Crippen molar-refractivity contribution in [3.05, 3.63) is 45.1 Å². The fourth-order valence-electron chi connectivity index (χ4n) is 4.76. The predicted octanol–water partition coefficient (Wildman–Crippen LogP) is 2.89. The van der Waals surface area contributed by atoms with Crippen molar-refractivity contribution < 1.29 is 14.3 Å². The second-order valence-electron chi connectivity index (χ2n) is 9.08. The molecule has 4 rings (SSSR count). The molecular formula is C21H26FN3O3. The van der Waals surface area contributed by atoms with Gasteiger partial charge in [-0.25, -0.2) is 9.18 Å². The first-order valence-electron chi connectivity index (χ1n) is 9.71. The van der Waals surface area contributed by atoms with E-state index in [9.17, 15) is 14.7 Å². The van der Waals surface area contributed by atoms with Crippen LogP contribution in [0.3, 0.4) is 0 Å². The zero-order valence-electron chi connectivity index (χ0n) is 16.5. The summed E-state index contributed by atoms with van der Waals surface area (Å²) in [4.78, 5) is 26.2. The van der Waals surface area contributed by atoms with Gasteiger partial charge in [0.25, 0.3) is 5.56 Å². The van der Waals surface area contributed by atoms with Crippen LogP contribution >= 0.6 is 0 Å². The van der Waals surface area contributed by atoms with Gasteiger partial charge in [0.05, 0.1) is 17.4 Å². The van der Waals surface area contributed by atoms with Crippen LogP contribution in [0.1, 0.15) is 60.5 Å². The maximum Gasteiger partial charge on any atom is 0.341 e. The fraction of sp³-hybridized carbons (Fsp3) is 0.524. The molecule has 1 atom stereocenters. The van der Waals surface area contributed by atoms with Crippen molar-refractivity contribution in [1.82, 2.24) is 4.40 Å². The SMILES string of the molecule is Cc1c(N2C[C@@H](N)CC(C)(C)C2)c(F)cn2c(=O)c(C(=O)O)cc(C3CC3)c12. The highest BCUT2D eigenvalue weighted by Gasteiger charge is 2.35. The number of carboxylic acids is 1. The maximum absolute atomic E-state index is 15.2. The van der Waals surface area contributed by atoms with Gasteiger partial charge < -0.3 is 15.7 Å². The highest BCUT2D eigenvalue weighted by molar-refractivity contribution is 5.89. The van der Waals surface area contributed by atoms with E-state index in [1.807, 2.05) is 11.8 Å². The van der Waals surface area contributed by atoms with Gasteiger partial charge in [-0.1, -0.05) is 13.8 Å². The summed E-state index contributed by atoms with van der Waals surface area (Å²) in [5.41, 5.74) is 7.75. The number of aromatic carboxylic acids is 1. The molecule has 2 fully saturated rings. The molecule has 7 heteroatoms. The molecular weight excluding hydrogens is 361 g/mol. The number of nitrogens with zero attached hydrogens (tertiary/aromatic N) is 2. The van der Waals surface area contributed by atoms with Crippen molar-refractivity contribution in [2.75, 3.05) is 18.0 Å². The van der Waals surface area contributed by atoms with Gasteiger partial charge in [0.2, 0.25) is 0 Å². The first kappa shape index (κ1) is 18.9. The second-order valence-corrected chi connectivity index (χ2v) is 9.08. The Morgan fingerprint density at radius 3 is 2.61 bits per heavy atom. The Balaban J connectivity index is 1.98. The number of rotatable bonds is 3. The molecule has 1 saturated heterocycles. The van der Waals surface area contributed by atoms with Crippen LogP contribution in [0, 0.1) is 18.2 Å². The molecule has 1 aliphatic carbocycles. The van der Waals surface area contributed by atoms with E-state index in [-0.39, 0.29) is 22.9 Å². The number of hydrogen-bond acceptors (Lipinski definition) is 4. The topological polar surface area (TPSA) is 88.0 Å². The molecule has 3 heterocycles. The van der Waals surface area contributed by atoms with E-state index in [2.05, 4.69) is 13.8 Å². The molecule has 2 aromatic rings. The molecule has 2 aliphatic rings. The summed E-state index contributed by atoms with van der Waals surface area (Å²) in [5.74, 6) is -1.60. The Morgan fingerprint density at radius 1 is 1.36 bits per heavy atom. The van der Waals surface area contributed by atoms with Gasteiger partial charge in [-0.05, 0) is 54.7 Å². The van der Waals surface area contributed by atoms with Crippen molar-refractivity contribution in [1.29, 1.82) is 0 Å². The predicted molar refractivity (Wildman–Crippen MR) is 106 cm³/mol. The van der Waals surface area contributed by atoms with Crippen LogP contribution in [-0.2, 0) is 0 Å². The minimum Gasteiger partial charge on any atom is -0.477 e. The number of halogens is 1. The maximum atomic E-state index is 15.2. The number of fused-ring (bicyclic) bond motifs is 1. The number of carboxylic acid groups (broad SMARTS) is 1. The summed E-state index contributed by atoms with van der Waals surface area (Å²) in [6.45, 7) is 7.27. The van der Waals surface area contributed by atoms with Crippen molar-refractivity contribution in [3.8, 4) is 0 Å². The van der Waals surface area contributed by atoms with E-state index in [4.69, 9.17) is 5.73 Å². The average Bonchev–Trinajstić information content (AvgIpc) is 3.38. The van der Waals surface area contributed by atoms with Crippen molar-refractivity contribution >= 4 is 17.2 Å². The van der Waals surface area contributed by atoms with Crippen LogP contribution < -0.4 is 16.2 Å². The van der Waals surface area contributed by atoms with Crippen molar-refractivity contribution in [3.63, 3.8) is 0 Å². The van der Waals surface area contributed by atoms with Crippen LogP contribution in [-0.4, -0.2) is 34.6 Å². The van der Waals surface area contributed by atoms with Crippen LogP contribution in [0.15, 0.2) is 17.1 Å². The fourth-order valence-corrected chi connectivity index (χ4v) is 4.76. The number of carbonyl (C=O) groups is 1. The molecule has 0 aromatic carbocycles. The molecule has 6 nitrogen and oxygen atoms in total. The highest BCUT2D eigenvalue weighted by atomic mass is 19.1. The van der Waals surface area contributed by atoms with E-state index in [1.165, 1.54) is 10.5 Å². The van der Waals surface area contributed by atoms with Gasteiger partial charge >= 0.3 is 5.97 Å². The molecule has 0 bridgehead atoms. The third-order valence-corrected chi connectivity index (χ3v) is 5.89. The summed E-state index contributed by atoms with van der Waals surface area (Å²) in [6, 6.07) is 1.43. The summed E-state index contributed by atoms with van der Waals surface area (Å²) in [5, 5.41) is 9.41. The molecule has 1 aliphatic heterocycles. The monoisotopic (exact) mass is 387 g/mol. The van der Waals surface area contributed by atoms with Gasteiger partial charge in [0.15, 0.2) is 5.82 Å². The number of pyridine rings is 2. The molecule has 0 amide bonds. The molecule has 1 saturated carbocycles. The van der Waals surface area contributed by atoms with Crippen LogP contribution in [0.25, 0.3) is 5.52 Å². The Bertz CT molecular complexity index is 1040. The number of piperidine rings is 1. The third-order valence-electron chi connectivity index (χ3n) is 5.89. The molecule has 2 aromatic heterocycles. The molecule has 3 N–H and O–H groups in total. The van der Waals surface area contributed by atoms with E-state index < -0.39 is 17.3 Å².